The first-order chi connectivity index (χ1) is 11.4. The lowest BCUT2D eigenvalue weighted by Gasteiger charge is -2.26. The number of likely N-dealkylation sites (tertiary alicyclic amines) is 1. The summed E-state index contributed by atoms with van der Waals surface area (Å²) in [5.74, 6) is 0. The van der Waals surface area contributed by atoms with Crippen LogP contribution in [0, 0.1) is 0 Å². The molecule has 1 aromatic heterocycles. The highest BCUT2D eigenvalue weighted by Gasteiger charge is 2.08. The Kier molecular flexibility index (Phi) is 6.45. The summed E-state index contributed by atoms with van der Waals surface area (Å²) in [5.41, 5.74) is 2.59. The van der Waals surface area contributed by atoms with Gasteiger partial charge in [0.05, 0.1) is 5.52 Å². The van der Waals surface area contributed by atoms with Gasteiger partial charge in [-0.25, -0.2) is 0 Å². The van der Waals surface area contributed by atoms with Crippen LogP contribution in [0.3, 0.4) is 0 Å². The van der Waals surface area contributed by atoms with Crippen LogP contribution in [0.5, 0.6) is 0 Å². The summed E-state index contributed by atoms with van der Waals surface area (Å²) >= 11 is 0. The molecule has 2 nitrogen and oxygen atoms in total. The molecule has 2 heterocycles. The van der Waals surface area contributed by atoms with Crippen LogP contribution in [0.25, 0.3) is 10.9 Å². The molecule has 0 radical (unpaired) electrons. The SMILES string of the molecule is c1ccc2c(CCCCCCCN3CCCCC3)ccnc2c1. The fraction of sp³-hybridized carbons (Fsp3) is 0.571. The summed E-state index contributed by atoms with van der Waals surface area (Å²) in [4.78, 5) is 7.11. The smallest absolute Gasteiger partial charge is 0.0704 e. The van der Waals surface area contributed by atoms with E-state index in [1.807, 2.05) is 6.20 Å². The van der Waals surface area contributed by atoms with Crippen LogP contribution in [0.4, 0.5) is 0 Å². The summed E-state index contributed by atoms with van der Waals surface area (Å²) < 4.78 is 0. The van der Waals surface area contributed by atoms with Crippen molar-refractivity contribution in [1.29, 1.82) is 0 Å². The van der Waals surface area contributed by atoms with Crippen LogP contribution >= 0.6 is 0 Å². The van der Waals surface area contributed by atoms with Crippen LogP contribution in [0.1, 0.15) is 56.9 Å². The number of piperidine rings is 1. The average molecular weight is 310 g/mol. The van der Waals surface area contributed by atoms with Gasteiger partial charge in [-0.3, -0.25) is 4.98 Å². The maximum atomic E-state index is 4.45. The monoisotopic (exact) mass is 310 g/mol. The lowest BCUT2D eigenvalue weighted by molar-refractivity contribution is 0.224. The third-order valence-corrected chi connectivity index (χ3v) is 5.11. The maximum absolute atomic E-state index is 4.45. The molecule has 1 saturated heterocycles. The number of unbranched alkanes of at least 4 members (excludes halogenated alkanes) is 4. The first kappa shape index (κ1) is 16.4. The Balaban J connectivity index is 1.32. The van der Waals surface area contributed by atoms with Crippen LogP contribution in [0.2, 0.25) is 0 Å². The number of para-hydroxylation sites is 1. The summed E-state index contributed by atoms with van der Waals surface area (Å²) in [6, 6.07) is 10.7. The number of nitrogens with zero attached hydrogens (tertiary/aromatic N) is 2. The fourth-order valence-corrected chi connectivity index (χ4v) is 3.74. The molecule has 1 fully saturated rings. The van der Waals surface area contributed by atoms with Gasteiger partial charge in [-0.1, -0.05) is 43.9 Å². The number of hydrogen-bond acceptors (Lipinski definition) is 2. The molecule has 0 atom stereocenters. The van der Waals surface area contributed by atoms with Crippen molar-refractivity contribution in [2.45, 2.75) is 57.8 Å². The van der Waals surface area contributed by atoms with E-state index in [1.165, 1.54) is 88.4 Å². The van der Waals surface area contributed by atoms with Crippen molar-refractivity contribution in [3.05, 3.63) is 42.1 Å². The second-order valence-electron chi connectivity index (χ2n) is 6.91. The van der Waals surface area contributed by atoms with Gasteiger partial charge in [0.1, 0.15) is 0 Å². The Morgan fingerprint density at radius 1 is 0.826 bits per heavy atom. The highest BCUT2D eigenvalue weighted by atomic mass is 15.1. The molecule has 2 heteroatoms. The Hall–Kier alpha value is -1.41. The molecule has 23 heavy (non-hydrogen) atoms. The minimum absolute atomic E-state index is 1.13. The summed E-state index contributed by atoms with van der Waals surface area (Å²) in [6.45, 7) is 4.01. The molecular formula is C21H30N2. The largest absolute Gasteiger partial charge is 0.303 e. The Labute approximate surface area is 140 Å². The van der Waals surface area contributed by atoms with Crippen molar-refractivity contribution < 1.29 is 0 Å². The van der Waals surface area contributed by atoms with E-state index in [0.29, 0.717) is 0 Å². The van der Waals surface area contributed by atoms with Crippen molar-refractivity contribution in [1.82, 2.24) is 9.88 Å². The van der Waals surface area contributed by atoms with Gasteiger partial charge in [0.15, 0.2) is 0 Å². The highest BCUT2D eigenvalue weighted by molar-refractivity contribution is 5.81. The van der Waals surface area contributed by atoms with E-state index in [1.54, 1.807) is 0 Å². The number of hydrogen-bond donors (Lipinski definition) is 0. The predicted molar refractivity (Wildman–Crippen MR) is 98.8 cm³/mol. The summed E-state index contributed by atoms with van der Waals surface area (Å²) in [7, 11) is 0. The molecule has 0 amide bonds. The summed E-state index contributed by atoms with van der Waals surface area (Å²) in [6.07, 6.45) is 14.3. The number of aryl methyl sites for hydroxylation is 1. The summed E-state index contributed by atoms with van der Waals surface area (Å²) in [5, 5.41) is 1.33. The topological polar surface area (TPSA) is 16.1 Å². The molecule has 0 saturated carbocycles. The highest BCUT2D eigenvalue weighted by Crippen LogP contribution is 2.19. The predicted octanol–water partition coefficient (Wildman–Crippen LogP) is 5.21. The van der Waals surface area contributed by atoms with E-state index in [0.717, 1.165) is 5.52 Å². The molecule has 1 aromatic carbocycles. The Morgan fingerprint density at radius 2 is 1.61 bits per heavy atom. The quantitative estimate of drug-likeness (QED) is 0.622. The molecule has 1 aliphatic rings. The number of rotatable bonds is 8. The second-order valence-corrected chi connectivity index (χ2v) is 6.91. The van der Waals surface area contributed by atoms with Crippen LogP contribution in [-0.4, -0.2) is 29.5 Å². The second kappa shape index (κ2) is 9.02. The van der Waals surface area contributed by atoms with Gasteiger partial charge in [-0.05, 0) is 69.4 Å². The molecule has 0 unspecified atom stereocenters. The van der Waals surface area contributed by atoms with Gasteiger partial charge in [-0.2, -0.15) is 0 Å². The van der Waals surface area contributed by atoms with Crippen LogP contribution in [0.15, 0.2) is 36.5 Å². The van der Waals surface area contributed by atoms with Crippen LogP contribution < -0.4 is 0 Å². The van der Waals surface area contributed by atoms with E-state index in [2.05, 4.69) is 40.2 Å². The lowest BCUT2D eigenvalue weighted by Crippen LogP contribution is -2.30. The van der Waals surface area contributed by atoms with Crippen molar-refractivity contribution in [2.24, 2.45) is 0 Å². The lowest BCUT2D eigenvalue weighted by atomic mass is 10.0. The molecule has 1 aliphatic heterocycles. The third kappa shape index (κ3) is 5.04. The van der Waals surface area contributed by atoms with Crippen molar-refractivity contribution >= 4 is 10.9 Å². The van der Waals surface area contributed by atoms with Crippen molar-refractivity contribution in [3.63, 3.8) is 0 Å². The number of aromatic nitrogens is 1. The third-order valence-electron chi connectivity index (χ3n) is 5.11. The Morgan fingerprint density at radius 3 is 2.52 bits per heavy atom. The average Bonchev–Trinajstić information content (AvgIpc) is 2.62. The zero-order valence-corrected chi connectivity index (χ0v) is 14.3. The van der Waals surface area contributed by atoms with Gasteiger partial charge in [-0.15, -0.1) is 0 Å². The van der Waals surface area contributed by atoms with Gasteiger partial charge < -0.3 is 4.90 Å². The Bertz CT molecular complexity index is 582. The molecule has 0 aliphatic carbocycles. The van der Waals surface area contributed by atoms with Gasteiger partial charge in [0.25, 0.3) is 0 Å². The van der Waals surface area contributed by atoms with Crippen molar-refractivity contribution in [3.8, 4) is 0 Å². The van der Waals surface area contributed by atoms with Gasteiger partial charge in [0, 0.05) is 11.6 Å². The van der Waals surface area contributed by atoms with E-state index >= 15 is 0 Å². The normalized spacial score (nSPS) is 16.0. The first-order valence-corrected chi connectivity index (χ1v) is 9.48. The molecular weight excluding hydrogens is 280 g/mol. The van der Waals surface area contributed by atoms with E-state index < -0.39 is 0 Å². The molecule has 124 valence electrons. The number of benzene rings is 1. The van der Waals surface area contributed by atoms with E-state index in [4.69, 9.17) is 0 Å². The standard InChI is InChI=1S/C21H30N2/c1(3-8-16-23-17-9-4-10-18-23)2-5-11-19-14-15-22-21-13-7-6-12-20(19)21/h6-7,12-15H,1-5,8-11,16-18H2. The minimum atomic E-state index is 1.13. The zero-order valence-electron chi connectivity index (χ0n) is 14.3. The van der Waals surface area contributed by atoms with E-state index in [9.17, 15) is 0 Å². The van der Waals surface area contributed by atoms with Gasteiger partial charge in [0.2, 0.25) is 0 Å². The first-order valence-electron chi connectivity index (χ1n) is 9.48. The van der Waals surface area contributed by atoms with E-state index in [-0.39, 0.29) is 0 Å². The van der Waals surface area contributed by atoms with Crippen molar-refractivity contribution in [2.75, 3.05) is 19.6 Å². The minimum Gasteiger partial charge on any atom is -0.303 e. The fourth-order valence-electron chi connectivity index (χ4n) is 3.74. The maximum Gasteiger partial charge on any atom is 0.0704 e. The number of pyridine rings is 1. The zero-order chi connectivity index (χ0) is 15.7. The number of fused-ring (bicyclic) bond motifs is 1. The molecule has 0 spiro atoms. The molecule has 0 N–H and O–H groups in total. The van der Waals surface area contributed by atoms with Gasteiger partial charge >= 0.3 is 0 Å². The van der Waals surface area contributed by atoms with Crippen LogP contribution in [-0.2, 0) is 6.42 Å². The molecule has 3 rings (SSSR count). The molecule has 2 aromatic rings. The molecule has 0 bridgehead atoms.